The highest BCUT2D eigenvalue weighted by Crippen LogP contribution is 2.20. The molecule has 0 saturated carbocycles. The third kappa shape index (κ3) is 3.46. The van der Waals surface area contributed by atoms with Gasteiger partial charge in [-0.3, -0.25) is 0 Å². The van der Waals surface area contributed by atoms with Crippen molar-refractivity contribution in [2.45, 2.75) is 26.2 Å². The van der Waals surface area contributed by atoms with Crippen LogP contribution < -0.4 is 5.32 Å². The first-order chi connectivity index (χ1) is 7.74. The van der Waals surface area contributed by atoms with Gasteiger partial charge >= 0.3 is 0 Å². The minimum atomic E-state index is 0.907. The van der Waals surface area contributed by atoms with E-state index < -0.39 is 0 Å². The number of hydrogen-bond donors (Lipinski definition) is 1. The highest BCUT2D eigenvalue weighted by molar-refractivity contribution is 7.13. The molecular weight excluding hydrogens is 218 g/mol. The van der Waals surface area contributed by atoms with Gasteiger partial charge in [0.15, 0.2) is 5.13 Å². The Morgan fingerprint density at radius 2 is 2.25 bits per heavy atom. The van der Waals surface area contributed by atoms with Crippen LogP contribution in [0.4, 0.5) is 5.13 Å². The Morgan fingerprint density at radius 1 is 1.50 bits per heavy atom. The van der Waals surface area contributed by atoms with Crippen LogP contribution in [0.15, 0.2) is 5.38 Å². The number of hydrogen-bond acceptors (Lipinski definition) is 4. The Bertz CT molecular complexity index is 316. The summed E-state index contributed by atoms with van der Waals surface area (Å²) in [4.78, 5) is 6.83. The van der Waals surface area contributed by atoms with Crippen LogP contribution in [-0.4, -0.2) is 36.6 Å². The number of rotatable bonds is 4. The molecule has 0 unspecified atom stereocenters. The Balaban J connectivity index is 1.64. The van der Waals surface area contributed by atoms with Gasteiger partial charge in [0.05, 0.1) is 5.69 Å². The molecule has 0 aromatic carbocycles. The first-order valence-corrected chi connectivity index (χ1v) is 6.96. The van der Waals surface area contributed by atoms with Gasteiger partial charge in [-0.1, -0.05) is 0 Å². The molecule has 4 heteroatoms. The Morgan fingerprint density at radius 3 is 2.88 bits per heavy atom. The van der Waals surface area contributed by atoms with Gasteiger partial charge in [-0.05, 0) is 52.2 Å². The van der Waals surface area contributed by atoms with E-state index in [4.69, 9.17) is 0 Å². The summed E-state index contributed by atoms with van der Waals surface area (Å²) < 4.78 is 0. The van der Waals surface area contributed by atoms with Gasteiger partial charge in [0.1, 0.15) is 0 Å². The molecule has 0 amide bonds. The maximum Gasteiger partial charge on any atom is 0.182 e. The molecule has 2 rings (SSSR count). The van der Waals surface area contributed by atoms with Crippen LogP contribution in [0.1, 0.15) is 25.0 Å². The smallest absolute Gasteiger partial charge is 0.182 e. The van der Waals surface area contributed by atoms with Gasteiger partial charge in [-0.15, -0.1) is 11.3 Å². The van der Waals surface area contributed by atoms with Crippen LogP contribution in [0.5, 0.6) is 0 Å². The minimum Gasteiger partial charge on any atom is -0.362 e. The van der Waals surface area contributed by atoms with E-state index in [1.165, 1.54) is 32.4 Å². The molecule has 1 fully saturated rings. The topological polar surface area (TPSA) is 28.2 Å². The molecule has 1 aliphatic heterocycles. The monoisotopic (exact) mass is 239 g/mol. The van der Waals surface area contributed by atoms with Crippen LogP contribution in [0.3, 0.4) is 0 Å². The van der Waals surface area contributed by atoms with Crippen molar-refractivity contribution in [1.82, 2.24) is 9.88 Å². The van der Waals surface area contributed by atoms with Crippen LogP contribution in [0, 0.1) is 12.8 Å². The van der Waals surface area contributed by atoms with E-state index >= 15 is 0 Å². The fraction of sp³-hybridized carbons (Fsp3) is 0.750. The number of aromatic nitrogens is 1. The van der Waals surface area contributed by atoms with Gasteiger partial charge in [0.25, 0.3) is 0 Å². The van der Waals surface area contributed by atoms with Crippen molar-refractivity contribution in [3.05, 3.63) is 11.1 Å². The van der Waals surface area contributed by atoms with Gasteiger partial charge in [-0.2, -0.15) is 0 Å². The SMILES string of the molecule is Cc1csc(NCCC2CCN(C)CC2)n1. The summed E-state index contributed by atoms with van der Waals surface area (Å²) in [5.74, 6) is 0.907. The summed E-state index contributed by atoms with van der Waals surface area (Å²) in [6, 6.07) is 0. The summed E-state index contributed by atoms with van der Waals surface area (Å²) in [6.07, 6.45) is 4.00. The Hall–Kier alpha value is -0.610. The van der Waals surface area contributed by atoms with Gasteiger partial charge in [0, 0.05) is 11.9 Å². The van der Waals surface area contributed by atoms with E-state index in [0.29, 0.717) is 0 Å². The lowest BCUT2D eigenvalue weighted by atomic mass is 9.94. The summed E-state index contributed by atoms with van der Waals surface area (Å²) in [5, 5.41) is 6.59. The maximum atomic E-state index is 4.40. The number of nitrogens with one attached hydrogen (secondary N) is 1. The number of nitrogens with zero attached hydrogens (tertiary/aromatic N) is 2. The van der Waals surface area contributed by atoms with Crippen molar-refractivity contribution >= 4 is 16.5 Å². The molecule has 1 aromatic heterocycles. The molecule has 0 bridgehead atoms. The van der Waals surface area contributed by atoms with E-state index in [1.54, 1.807) is 11.3 Å². The third-order valence-corrected chi connectivity index (χ3v) is 4.20. The zero-order valence-electron chi connectivity index (χ0n) is 10.2. The zero-order chi connectivity index (χ0) is 11.4. The standard InChI is InChI=1S/C12H21N3S/c1-10-9-16-12(14-10)13-6-3-11-4-7-15(2)8-5-11/h9,11H,3-8H2,1-2H3,(H,13,14). The number of piperidine rings is 1. The second-order valence-electron chi connectivity index (χ2n) is 4.76. The molecule has 0 radical (unpaired) electrons. The predicted octanol–water partition coefficient (Wildman–Crippen LogP) is 2.60. The first kappa shape index (κ1) is 11.9. The molecule has 2 heterocycles. The lowest BCUT2D eigenvalue weighted by Gasteiger charge is -2.28. The summed E-state index contributed by atoms with van der Waals surface area (Å²) in [6.45, 7) is 5.64. The Labute approximate surface area is 102 Å². The lowest BCUT2D eigenvalue weighted by molar-refractivity contribution is 0.215. The first-order valence-electron chi connectivity index (χ1n) is 6.08. The van der Waals surface area contributed by atoms with Gasteiger partial charge < -0.3 is 10.2 Å². The lowest BCUT2D eigenvalue weighted by Crippen LogP contribution is -2.30. The van der Waals surface area contributed by atoms with Crippen molar-refractivity contribution in [3.63, 3.8) is 0 Å². The van der Waals surface area contributed by atoms with Crippen molar-refractivity contribution in [1.29, 1.82) is 0 Å². The molecule has 1 aliphatic rings. The minimum absolute atomic E-state index is 0.907. The second-order valence-corrected chi connectivity index (χ2v) is 5.61. The molecule has 16 heavy (non-hydrogen) atoms. The Kier molecular flexibility index (Phi) is 4.18. The van der Waals surface area contributed by atoms with Crippen molar-refractivity contribution in [2.75, 3.05) is 32.0 Å². The average molecular weight is 239 g/mol. The van der Waals surface area contributed by atoms with E-state index in [1.807, 2.05) is 6.92 Å². The number of thiazole rings is 1. The molecule has 0 aliphatic carbocycles. The molecule has 1 aromatic rings. The second kappa shape index (κ2) is 5.64. The molecule has 3 nitrogen and oxygen atoms in total. The van der Waals surface area contributed by atoms with Gasteiger partial charge in [-0.25, -0.2) is 4.98 Å². The molecule has 90 valence electrons. The largest absolute Gasteiger partial charge is 0.362 e. The van der Waals surface area contributed by atoms with E-state index in [-0.39, 0.29) is 0 Å². The fourth-order valence-electron chi connectivity index (χ4n) is 2.17. The fourth-order valence-corrected chi connectivity index (χ4v) is 2.89. The molecule has 0 spiro atoms. The summed E-state index contributed by atoms with van der Waals surface area (Å²) in [5.41, 5.74) is 1.12. The molecule has 1 saturated heterocycles. The predicted molar refractivity (Wildman–Crippen MR) is 70.2 cm³/mol. The zero-order valence-corrected chi connectivity index (χ0v) is 11.0. The molecule has 0 atom stereocenters. The van der Waals surface area contributed by atoms with E-state index in [0.717, 1.165) is 23.3 Å². The normalized spacial score (nSPS) is 18.9. The van der Waals surface area contributed by atoms with Crippen LogP contribution >= 0.6 is 11.3 Å². The highest BCUT2D eigenvalue weighted by atomic mass is 32.1. The van der Waals surface area contributed by atoms with Crippen molar-refractivity contribution in [3.8, 4) is 0 Å². The molecular formula is C12H21N3S. The van der Waals surface area contributed by atoms with Crippen LogP contribution in [0.2, 0.25) is 0 Å². The van der Waals surface area contributed by atoms with Gasteiger partial charge in [0.2, 0.25) is 0 Å². The summed E-state index contributed by atoms with van der Waals surface area (Å²) in [7, 11) is 2.22. The maximum absolute atomic E-state index is 4.40. The van der Waals surface area contributed by atoms with Crippen LogP contribution in [0.25, 0.3) is 0 Å². The van der Waals surface area contributed by atoms with E-state index in [2.05, 4.69) is 27.6 Å². The van der Waals surface area contributed by atoms with Crippen molar-refractivity contribution in [2.24, 2.45) is 5.92 Å². The summed E-state index contributed by atoms with van der Waals surface area (Å²) >= 11 is 1.71. The number of aryl methyl sites for hydroxylation is 1. The van der Waals surface area contributed by atoms with Crippen molar-refractivity contribution < 1.29 is 0 Å². The van der Waals surface area contributed by atoms with Crippen LogP contribution in [-0.2, 0) is 0 Å². The number of likely N-dealkylation sites (tertiary alicyclic amines) is 1. The highest BCUT2D eigenvalue weighted by Gasteiger charge is 2.15. The van der Waals surface area contributed by atoms with E-state index in [9.17, 15) is 0 Å². The third-order valence-electron chi connectivity index (χ3n) is 3.29. The quantitative estimate of drug-likeness (QED) is 0.875. The average Bonchev–Trinajstić information content (AvgIpc) is 2.67. The molecule has 1 N–H and O–H groups in total. The number of anilines is 1.